The molecule has 4 amide bonds. The van der Waals surface area contributed by atoms with Gasteiger partial charge in [0.2, 0.25) is 17.8 Å². The fourth-order valence-corrected chi connectivity index (χ4v) is 11.5. The first-order valence-corrected chi connectivity index (χ1v) is 25.3. The first-order valence-electron chi connectivity index (χ1n) is 25.3. The Kier molecular flexibility index (Phi) is 13.5. The molecule has 0 unspecified atom stereocenters. The van der Waals surface area contributed by atoms with E-state index >= 15 is 0 Å². The van der Waals surface area contributed by atoms with E-state index in [4.69, 9.17) is 16.4 Å². The van der Waals surface area contributed by atoms with Gasteiger partial charge < -0.3 is 40.5 Å². The Bertz CT molecular complexity index is 2780. The van der Waals surface area contributed by atoms with Crippen molar-refractivity contribution in [2.24, 2.45) is 5.41 Å². The Morgan fingerprint density at radius 2 is 1.62 bits per heavy atom. The van der Waals surface area contributed by atoms with E-state index in [-0.39, 0.29) is 49.1 Å². The average Bonchev–Trinajstić information content (AvgIpc) is 3.95. The number of H-pyrrole nitrogens is 1. The molecule has 0 radical (unpaired) electrons. The second kappa shape index (κ2) is 19.9. The molecule has 4 atom stereocenters. The van der Waals surface area contributed by atoms with Crippen LogP contribution in [-0.4, -0.2) is 155 Å². The predicted octanol–water partition coefficient (Wildman–Crippen LogP) is 4.96. The third-order valence-electron chi connectivity index (χ3n) is 15.8. The molecule has 5 aromatic rings. The molecule has 71 heavy (non-hydrogen) atoms. The van der Waals surface area contributed by atoms with E-state index in [0.717, 1.165) is 98.6 Å². The van der Waals surface area contributed by atoms with Gasteiger partial charge in [-0.1, -0.05) is 51.0 Å². The molecule has 5 N–H and O–H groups in total. The van der Waals surface area contributed by atoms with Crippen LogP contribution in [0.25, 0.3) is 22.3 Å². The molecule has 2 aromatic carbocycles. The third kappa shape index (κ3) is 9.89. The normalized spacial score (nSPS) is 22.2. The molecule has 5 aliphatic heterocycles. The van der Waals surface area contributed by atoms with E-state index in [2.05, 4.69) is 53.4 Å². The highest BCUT2D eigenvalue weighted by Crippen LogP contribution is 2.39. The number of hydrogen-bond acceptors (Lipinski definition) is 12. The number of carbonyl (C=O) groups excluding carboxylic acids is 3. The van der Waals surface area contributed by atoms with Crippen LogP contribution in [0.3, 0.4) is 0 Å². The van der Waals surface area contributed by atoms with Crippen LogP contribution in [0.2, 0.25) is 0 Å². The van der Waals surface area contributed by atoms with Crippen molar-refractivity contribution in [2.45, 2.75) is 115 Å². The Balaban J connectivity index is 0.672. The lowest BCUT2D eigenvalue weighted by molar-refractivity contribution is -0.142. The molecule has 0 saturated carbocycles. The number of likely N-dealkylation sites (tertiary alicyclic amines) is 4. The zero-order valence-corrected chi connectivity index (χ0v) is 41.2. The van der Waals surface area contributed by atoms with Crippen LogP contribution in [0, 0.1) is 17.8 Å². The summed E-state index contributed by atoms with van der Waals surface area (Å²) in [5.74, 6) is 3.19. The number of hydrogen-bond donors (Lipinski definition) is 5. The third-order valence-corrected chi connectivity index (χ3v) is 15.8. The molecule has 4 fully saturated rings. The summed E-state index contributed by atoms with van der Waals surface area (Å²) in [6.45, 7) is 14.3. The summed E-state index contributed by atoms with van der Waals surface area (Å²) < 4.78 is 0. The van der Waals surface area contributed by atoms with Crippen molar-refractivity contribution in [3.8, 4) is 29.4 Å². The van der Waals surface area contributed by atoms with Gasteiger partial charge in [0.1, 0.15) is 17.8 Å². The van der Waals surface area contributed by atoms with Gasteiger partial charge in [-0.05, 0) is 98.5 Å². The van der Waals surface area contributed by atoms with Crippen LogP contribution in [0.1, 0.15) is 99.7 Å². The second-order valence-corrected chi connectivity index (χ2v) is 21.3. The van der Waals surface area contributed by atoms with Crippen LogP contribution in [0.15, 0.2) is 67.0 Å². The number of nitrogens with one attached hydrogen (secondary N) is 3. The topological polar surface area (TPSA) is 199 Å². The number of rotatable bonds is 10. The average molecular weight is 963 g/mol. The Morgan fingerprint density at radius 3 is 2.31 bits per heavy atom. The number of aliphatic hydroxyl groups is 1. The van der Waals surface area contributed by atoms with Gasteiger partial charge in [0.15, 0.2) is 5.65 Å². The molecule has 3 aromatic heterocycles. The predicted molar refractivity (Wildman–Crippen MR) is 270 cm³/mol. The fourth-order valence-electron chi connectivity index (χ4n) is 11.5. The number of benzene rings is 2. The molecule has 8 heterocycles. The quantitative estimate of drug-likeness (QED) is 0.118. The lowest BCUT2D eigenvalue weighted by Gasteiger charge is -2.52. The fraction of sp³-hybridized carbons (Fsp3) is 0.500. The maximum Gasteiger partial charge on any atom is 0.318 e. The minimum atomic E-state index is -0.888. The van der Waals surface area contributed by atoms with Gasteiger partial charge in [0.05, 0.1) is 17.8 Å². The number of aliphatic hydroxyl groups excluding tert-OH is 1. The minimum absolute atomic E-state index is 0.0195. The number of nitrogens with zero attached hydrogens (tertiary/aromatic N) is 9. The smallest absolute Gasteiger partial charge is 0.318 e. The monoisotopic (exact) mass is 963 g/mol. The van der Waals surface area contributed by atoms with Crippen molar-refractivity contribution in [2.75, 3.05) is 57.3 Å². The van der Waals surface area contributed by atoms with E-state index in [0.29, 0.717) is 42.3 Å². The maximum absolute atomic E-state index is 14.2. The van der Waals surface area contributed by atoms with E-state index in [1.165, 1.54) is 16.0 Å². The van der Waals surface area contributed by atoms with Gasteiger partial charge >= 0.3 is 6.03 Å². The highest BCUT2D eigenvalue weighted by Gasteiger charge is 2.46. The van der Waals surface area contributed by atoms with Crippen LogP contribution >= 0.6 is 0 Å². The minimum Gasteiger partial charge on any atom is -0.507 e. The molecule has 17 nitrogen and oxygen atoms in total. The number of para-hydroxylation sites is 1. The molecule has 0 aliphatic carbocycles. The summed E-state index contributed by atoms with van der Waals surface area (Å²) in [5, 5.41) is 37.0. The molecule has 10 rings (SSSR count). The summed E-state index contributed by atoms with van der Waals surface area (Å²) in [5.41, 5.74) is 6.51. The molecule has 372 valence electrons. The number of anilines is 1. The summed E-state index contributed by atoms with van der Waals surface area (Å²) in [6.07, 6.45) is 13.5. The van der Waals surface area contributed by atoms with Crippen molar-refractivity contribution in [1.82, 2.24) is 55.4 Å². The van der Waals surface area contributed by atoms with Gasteiger partial charge in [0, 0.05) is 111 Å². The second-order valence-electron chi connectivity index (χ2n) is 21.3. The van der Waals surface area contributed by atoms with Gasteiger partial charge in [-0.3, -0.25) is 19.4 Å². The van der Waals surface area contributed by atoms with Crippen LogP contribution in [0.4, 0.5) is 10.7 Å². The van der Waals surface area contributed by atoms with E-state index in [1.54, 1.807) is 12.1 Å². The number of urea groups is 1. The molecule has 0 spiro atoms. The highest BCUT2D eigenvalue weighted by atomic mass is 16.3. The van der Waals surface area contributed by atoms with E-state index in [1.807, 2.05) is 80.5 Å². The standard InChI is InChI=1S/C54H66N12O5/c1-6-34-11-13-35(14-12-34)27-55-50(69)45-25-40(67)32-66(45)51(70)48(54(3,4)5)59-53(71)63-22-17-38(18-23-63)64-30-39(31-64)62-20-15-36(16-21-62)37-28-56-52(57-29-37)65-24-19-43-47(33(65)2)42-26-44(60-61-49(42)58-43)41-9-7-8-10-46(41)68/h1,7-14,26,28-29,33,36,38-40,45,48,67-68H,15-25,27,30-32H2,2-5H3,(H,55,69)(H,58,61)(H,59,71)/t33-,40-,45+,48-/m1/s1. The zero-order valence-electron chi connectivity index (χ0n) is 41.2. The SMILES string of the molecule is C#Cc1ccc(CNC(=O)[C@@H]2C[C@@H](O)CN2C(=O)[C@@H](NC(=O)N2CCC(N3CC(N4CCC(c5cnc(N6CCc7[nH]c8nnc(-c9ccccc9O)cc8c7[C@H]6C)nc5)CC4)C3)CC2)C(C)(C)C)cc1. The number of aromatic hydroxyl groups is 1. The van der Waals surface area contributed by atoms with Gasteiger partial charge in [-0.2, -0.15) is 0 Å². The summed E-state index contributed by atoms with van der Waals surface area (Å²) in [7, 11) is 0. The number of phenols is 1. The van der Waals surface area contributed by atoms with E-state index < -0.39 is 23.6 Å². The molecule has 0 bridgehead atoms. The number of fused-ring (bicyclic) bond motifs is 3. The molecule has 4 saturated heterocycles. The first kappa shape index (κ1) is 48.0. The summed E-state index contributed by atoms with van der Waals surface area (Å²) >= 11 is 0. The number of terminal acetylenes is 1. The number of aromatic amines is 1. The number of amides is 4. The number of phenolic OH excluding ortho intramolecular Hbond substituents is 1. The van der Waals surface area contributed by atoms with Crippen molar-refractivity contribution in [3.05, 3.63) is 94.9 Å². The number of carbonyl (C=O) groups is 3. The van der Waals surface area contributed by atoms with Gasteiger partial charge in [-0.15, -0.1) is 16.6 Å². The van der Waals surface area contributed by atoms with Crippen LogP contribution < -0.4 is 15.5 Å². The Morgan fingerprint density at radius 1 is 0.901 bits per heavy atom. The maximum atomic E-state index is 14.2. The van der Waals surface area contributed by atoms with Gasteiger partial charge in [0.25, 0.3) is 0 Å². The lowest BCUT2D eigenvalue weighted by Crippen LogP contribution is -2.65. The Hall–Kier alpha value is -6.61. The molecule has 5 aliphatic rings. The van der Waals surface area contributed by atoms with Crippen molar-refractivity contribution >= 4 is 34.8 Å². The molecule has 17 heteroatoms. The van der Waals surface area contributed by atoms with Crippen LogP contribution in [-0.2, 0) is 22.6 Å². The molecular weight excluding hydrogens is 897 g/mol. The van der Waals surface area contributed by atoms with Crippen molar-refractivity contribution in [1.29, 1.82) is 0 Å². The summed E-state index contributed by atoms with van der Waals surface area (Å²) in [6, 6.07) is 15.5. The Labute approximate surface area is 415 Å². The highest BCUT2D eigenvalue weighted by molar-refractivity contribution is 5.93. The van der Waals surface area contributed by atoms with E-state index in [9.17, 15) is 24.6 Å². The van der Waals surface area contributed by atoms with Crippen molar-refractivity contribution < 1.29 is 24.6 Å². The largest absolute Gasteiger partial charge is 0.507 e. The van der Waals surface area contributed by atoms with Gasteiger partial charge in [-0.25, -0.2) is 14.8 Å². The number of aromatic nitrogens is 5. The lowest BCUT2D eigenvalue weighted by atomic mass is 9.85. The zero-order chi connectivity index (χ0) is 49.6. The van der Waals surface area contributed by atoms with Crippen LogP contribution in [0.5, 0.6) is 5.75 Å². The number of β-amino-alcohol motifs (C(OH)–C–C–N with tert-alkyl or cyclic N) is 1. The summed E-state index contributed by atoms with van der Waals surface area (Å²) in [4.78, 5) is 65.5. The first-order chi connectivity index (χ1) is 34.2. The number of piperidine rings is 2. The van der Waals surface area contributed by atoms with Crippen molar-refractivity contribution in [3.63, 3.8) is 0 Å². The molecular formula is C54H66N12O5.